The van der Waals surface area contributed by atoms with Gasteiger partial charge in [-0.15, -0.1) is 0 Å². The fraction of sp³-hybridized carbons (Fsp3) is 0.381. The Morgan fingerprint density at radius 2 is 1.57 bits per heavy atom. The summed E-state index contributed by atoms with van der Waals surface area (Å²) < 4.78 is 27.7. The first-order valence-electron chi connectivity index (χ1n) is 9.16. The Balaban J connectivity index is 2.24. The fourth-order valence-electron chi connectivity index (χ4n) is 3.04. The standard InChI is InChI=1S/C21H29N3O3S/c1-15-12-17(3)20(13-16(15)2)18(4)22-21(25)14-24(28(26,27)23(5)6)19-10-8-7-9-11-19/h7-13,18H,14H2,1-6H3,(H,22,25). The van der Waals surface area contributed by atoms with Crippen LogP contribution in [0.25, 0.3) is 0 Å². The largest absolute Gasteiger partial charge is 0.348 e. The quantitative estimate of drug-likeness (QED) is 0.772. The zero-order chi connectivity index (χ0) is 21.1. The third kappa shape index (κ3) is 4.91. The Labute approximate surface area is 168 Å². The van der Waals surface area contributed by atoms with E-state index in [1.54, 1.807) is 30.3 Å². The molecule has 0 bridgehead atoms. The fourth-order valence-corrected chi connectivity index (χ4v) is 4.10. The molecule has 7 heteroatoms. The second-order valence-corrected chi connectivity index (χ2v) is 9.28. The number of benzene rings is 2. The number of nitrogens with zero attached hydrogens (tertiary/aromatic N) is 2. The molecular formula is C21H29N3O3S. The average Bonchev–Trinajstić information content (AvgIpc) is 2.63. The van der Waals surface area contributed by atoms with Gasteiger partial charge in [0.1, 0.15) is 6.54 Å². The molecular weight excluding hydrogens is 374 g/mol. The Hall–Kier alpha value is -2.38. The van der Waals surface area contributed by atoms with Crippen LogP contribution < -0.4 is 9.62 Å². The van der Waals surface area contributed by atoms with Crippen LogP contribution in [0, 0.1) is 20.8 Å². The van der Waals surface area contributed by atoms with Gasteiger partial charge in [0.15, 0.2) is 0 Å². The third-order valence-electron chi connectivity index (χ3n) is 4.80. The van der Waals surface area contributed by atoms with E-state index in [-0.39, 0.29) is 18.5 Å². The number of hydrogen-bond donors (Lipinski definition) is 1. The van der Waals surface area contributed by atoms with Crippen LogP contribution in [0.3, 0.4) is 0 Å². The molecule has 0 fully saturated rings. The molecule has 0 heterocycles. The number of carbonyl (C=O) groups is 1. The molecule has 1 atom stereocenters. The number of aryl methyl sites for hydroxylation is 3. The number of para-hydroxylation sites is 1. The van der Waals surface area contributed by atoms with E-state index in [9.17, 15) is 13.2 Å². The first-order valence-corrected chi connectivity index (χ1v) is 10.6. The van der Waals surface area contributed by atoms with E-state index >= 15 is 0 Å². The zero-order valence-electron chi connectivity index (χ0n) is 17.4. The summed E-state index contributed by atoms with van der Waals surface area (Å²) in [6.07, 6.45) is 0. The van der Waals surface area contributed by atoms with Crippen molar-refractivity contribution in [3.05, 3.63) is 64.7 Å². The van der Waals surface area contributed by atoms with Gasteiger partial charge in [-0.25, -0.2) is 4.31 Å². The molecule has 1 unspecified atom stereocenters. The molecule has 6 nitrogen and oxygen atoms in total. The van der Waals surface area contributed by atoms with Crippen molar-refractivity contribution in [3.63, 3.8) is 0 Å². The predicted octanol–water partition coefficient (Wildman–Crippen LogP) is 3.10. The van der Waals surface area contributed by atoms with Gasteiger partial charge in [-0.2, -0.15) is 12.7 Å². The van der Waals surface area contributed by atoms with Crippen molar-refractivity contribution in [2.45, 2.75) is 33.7 Å². The van der Waals surface area contributed by atoms with Crippen LogP contribution in [0.15, 0.2) is 42.5 Å². The highest BCUT2D eigenvalue weighted by Crippen LogP contribution is 2.22. The molecule has 2 aromatic carbocycles. The van der Waals surface area contributed by atoms with Crippen molar-refractivity contribution in [1.29, 1.82) is 0 Å². The molecule has 0 saturated heterocycles. The van der Waals surface area contributed by atoms with E-state index < -0.39 is 10.2 Å². The van der Waals surface area contributed by atoms with Gasteiger partial charge < -0.3 is 5.32 Å². The van der Waals surface area contributed by atoms with Crippen molar-refractivity contribution in [3.8, 4) is 0 Å². The Morgan fingerprint density at radius 1 is 1.00 bits per heavy atom. The molecule has 0 aliphatic carbocycles. The average molecular weight is 404 g/mol. The molecule has 0 aliphatic heterocycles. The normalized spacial score (nSPS) is 12.7. The van der Waals surface area contributed by atoms with Gasteiger partial charge in [-0.3, -0.25) is 4.79 Å². The number of hydrogen-bond acceptors (Lipinski definition) is 3. The molecule has 0 aliphatic rings. The lowest BCUT2D eigenvalue weighted by Gasteiger charge is -2.27. The maximum atomic E-state index is 12.7. The second-order valence-electron chi connectivity index (χ2n) is 7.21. The molecule has 2 rings (SSSR count). The number of carbonyl (C=O) groups excluding carboxylic acids is 1. The van der Waals surface area contributed by atoms with Crippen molar-refractivity contribution >= 4 is 21.8 Å². The zero-order valence-corrected chi connectivity index (χ0v) is 18.2. The minimum Gasteiger partial charge on any atom is -0.348 e. The Bertz CT molecular complexity index is 941. The van der Waals surface area contributed by atoms with Crippen molar-refractivity contribution in [1.82, 2.24) is 9.62 Å². The van der Waals surface area contributed by atoms with Gasteiger partial charge >= 0.3 is 10.2 Å². The Kier molecular flexibility index (Phi) is 6.85. The van der Waals surface area contributed by atoms with E-state index in [1.165, 1.54) is 19.7 Å². The van der Waals surface area contributed by atoms with Crippen molar-refractivity contribution in [2.75, 3.05) is 24.9 Å². The molecule has 1 N–H and O–H groups in total. The molecule has 1 amide bonds. The van der Waals surface area contributed by atoms with E-state index in [0.29, 0.717) is 5.69 Å². The predicted molar refractivity (Wildman–Crippen MR) is 114 cm³/mol. The van der Waals surface area contributed by atoms with Gasteiger partial charge in [0.05, 0.1) is 11.7 Å². The lowest BCUT2D eigenvalue weighted by atomic mass is 9.96. The molecule has 0 saturated carbocycles. The number of anilines is 1. The van der Waals surface area contributed by atoms with E-state index in [2.05, 4.69) is 24.4 Å². The van der Waals surface area contributed by atoms with Crippen LogP contribution in [-0.4, -0.2) is 39.3 Å². The van der Waals surface area contributed by atoms with Crippen LogP contribution in [0.5, 0.6) is 0 Å². The lowest BCUT2D eigenvalue weighted by molar-refractivity contribution is -0.120. The maximum absolute atomic E-state index is 12.7. The highest BCUT2D eigenvalue weighted by molar-refractivity contribution is 7.90. The van der Waals surface area contributed by atoms with E-state index in [1.807, 2.05) is 20.8 Å². The van der Waals surface area contributed by atoms with Crippen LogP contribution >= 0.6 is 0 Å². The summed E-state index contributed by atoms with van der Waals surface area (Å²) in [5.41, 5.74) is 4.92. The summed E-state index contributed by atoms with van der Waals surface area (Å²) in [6.45, 7) is 7.71. The van der Waals surface area contributed by atoms with Crippen LogP contribution in [0.2, 0.25) is 0 Å². The van der Waals surface area contributed by atoms with Gasteiger partial charge in [-0.05, 0) is 62.1 Å². The minimum atomic E-state index is -3.80. The third-order valence-corrected chi connectivity index (χ3v) is 6.62. The summed E-state index contributed by atoms with van der Waals surface area (Å²) in [6, 6.07) is 12.6. The summed E-state index contributed by atoms with van der Waals surface area (Å²) in [5, 5.41) is 2.93. The first-order chi connectivity index (χ1) is 13.0. The van der Waals surface area contributed by atoms with Gasteiger partial charge in [0.2, 0.25) is 5.91 Å². The topological polar surface area (TPSA) is 69.7 Å². The van der Waals surface area contributed by atoms with Crippen LogP contribution in [0.4, 0.5) is 5.69 Å². The highest BCUT2D eigenvalue weighted by Gasteiger charge is 2.27. The molecule has 0 spiro atoms. The van der Waals surface area contributed by atoms with Gasteiger partial charge in [-0.1, -0.05) is 30.3 Å². The molecule has 2 aromatic rings. The monoisotopic (exact) mass is 403 g/mol. The maximum Gasteiger partial charge on any atom is 0.304 e. The van der Waals surface area contributed by atoms with Crippen molar-refractivity contribution in [2.24, 2.45) is 0 Å². The molecule has 0 aromatic heterocycles. The van der Waals surface area contributed by atoms with E-state index in [0.717, 1.165) is 25.3 Å². The summed E-state index contributed by atoms with van der Waals surface area (Å²) in [4.78, 5) is 12.7. The molecule has 152 valence electrons. The smallest absolute Gasteiger partial charge is 0.304 e. The SMILES string of the molecule is Cc1cc(C)c(C(C)NC(=O)CN(c2ccccc2)S(=O)(=O)N(C)C)cc1C. The molecule has 0 radical (unpaired) electrons. The molecule has 28 heavy (non-hydrogen) atoms. The second kappa shape index (κ2) is 8.75. The van der Waals surface area contributed by atoms with Gasteiger partial charge in [0.25, 0.3) is 0 Å². The van der Waals surface area contributed by atoms with Crippen molar-refractivity contribution < 1.29 is 13.2 Å². The van der Waals surface area contributed by atoms with Crippen LogP contribution in [-0.2, 0) is 15.0 Å². The Morgan fingerprint density at radius 3 is 2.14 bits per heavy atom. The van der Waals surface area contributed by atoms with Crippen LogP contribution in [0.1, 0.15) is 35.2 Å². The van der Waals surface area contributed by atoms with E-state index in [4.69, 9.17) is 0 Å². The number of amides is 1. The summed E-state index contributed by atoms with van der Waals surface area (Å²) in [7, 11) is -0.905. The minimum absolute atomic E-state index is 0.230. The number of rotatable bonds is 7. The summed E-state index contributed by atoms with van der Waals surface area (Å²) >= 11 is 0. The summed E-state index contributed by atoms with van der Waals surface area (Å²) in [5.74, 6) is -0.362. The first kappa shape index (κ1) is 21.9. The van der Waals surface area contributed by atoms with Gasteiger partial charge in [0, 0.05) is 14.1 Å². The lowest BCUT2D eigenvalue weighted by Crippen LogP contribution is -2.46. The highest BCUT2D eigenvalue weighted by atomic mass is 32.2. The number of nitrogens with one attached hydrogen (secondary N) is 1.